The smallest absolute Gasteiger partial charge is 0.159 e. The Kier molecular flexibility index (Phi) is 6.83. The number of halogens is 2. The topological polar surface area (TPSA) is 49.8 Å². The van der Waals surface area contributed by atoms with Crippen LogP contribution in [0.2, 0.25) is 0 Å². The van der Waals surface area contributed by atoms with Crippen LogP contribution >= 0.6 is 0 Å². The summed E-state index contributed by atoms with van der Waals surface area (Å²) in [7, 11) is 1.78. The molecule has 0 aliphatic heterocycles. The predicted octanol–water partition coefficient (Wildman–Crippen LogP) is 3.60. The minimum Gasteiger partial charge on any atom is -0.491 e. The van der Waals surface area contributed by atoms with E-state index in [4.69, 9.17) is 4.74 Å². The van der Waals surface area contributed by atoms with Gasteiger partial charge in [0.25, 0.3) is 0 Å². The minimum atomic E-state index is -0.892. The average Bonchev–Trinajstić information content (AvgIpc) is 2.61. The van der Waals surface area contributed by atoms with Crippen molar-refractivity contribution in [2.24, 2.45) is 0 Å². The Morgan fingerprint density at radius 3 is 2.58 bits per heavy atom. The summed E-state index contributed by atoms with van der Waals surface area (Å²) in [5.41, 5.74) is 1.16. The number of likely N-dealkylation sites (N-methyl/N-ethyl adjacent to an activating group) is 1. The lowest BCUT2D eigenvalue weighted by Crippen LogP contribution is -2.34. The monoisotopic (exact) mass is 363 g/mol. The zero-order chi connectivity index (χ0) is 19.3. The van der Waals surface area contributed by atoms with Gasteiger partial charge in [0.15, 0.2) is 17.4 Å². The van der Waals surface area contributed by atoms with Crippen LogP contribution in [-0.2, 0) is 0 Å². The van der Waals surface area contributed by atoms with E-state index in [9.17, 15) is 18.7 Å². The Morgan fingerprint density at radius 2 is 1.92 bits per heavy atom. The molecule has 2 atom stereocenters. The Hall–Kier alpha value is -2.31. The maximum atomic E-state index is 13.4. The van der Waals surface area contributed by atoms with E-state index in [1.807, 2.05) is 11.8 Å². The fourth-order valence-electron chi connectivity index (χ4n) is 2.57. The van der Waals surface area contributed by atoms with Gasteiger partial charge in [-0.05, 0) is 50.7 Å². The number of ketones is 1. The van der Waals surface area contributed by atoms with Crippen LogP contribution in [-0.4, -0.2) is 42.1 Å². The van der Waals surface area contributed by atoms with Gasteiger partial charge >= 0.3 is 0 Å². The van der Waals surface area contributed by atoms with Crippen LogP contribution in [0.15, 0.2) is 42.5 Å². The van der Waals surface area contributed by atoms with Crippen LogP contribution in [0.25, 0.3) is 0 Å². The molecule has 0 unspecified atom stereocenters. The molecule has 0 aromatic heterocycles. The van der Waals surface area contributed by atoms with Gasteiger partial charge < -0.3 is 9.84 Å². The van der Waals surface area contributed by atoms with E-state index in [1.165, 1.54) is 13.0 Å². The first kappa shape index (κ1) is 20.0. The standard InChI is InChI=1S/C20H23F2NO3/c1-13(15-7-8-19(21)20(22)10-15)23(3)11-17(25)12-26-18-6-4-5-16(9-18)14(2)24/h4-10,13,17,25H,11-12H2,1-3H3/t13-,17-/m1/s1. The summed E-state index contributed by atoms with van der Waals surface area (Å²) < 4.78 is 32.0. The molecule has 0 spiro atoms. The second-order valence-corrected chi connectivity index (χ2v) is 6.34. The Balaban J connectivity index is 1.90. The predicted molar refractivity (Wildman–Crippen MR) is 95.4 cm³/mol. The van der Waals surface area contributed by atoms with Gasteiger partial charge in [-0.1, -0.05) is 18.2 Å². The number of benzene rings is 2. The second-order valence-electron chi connectivity index (χ2n) is 6.34. The molecule has 0 amide bonds. The number of ether oxygens (including phenoxy) is 1. The zero-order valence-electron chi connectivity index (χ0n) is 15.1. The average molecular weight is 363 g/mol. The van der Waals surface area contributed by atoms with E-state index in [-0.39, 0.29) is 25.0 Å². The maximum Gasteiger partial charge on any atom is 0.159 e. The van der Waals surface area contributed by atoms with Gasteiger partial charge in [0.05, 0.1) is 0 Å². The summed E-state index contributed by atoms with van der Waals surface area (Å²) in [5.74, 6) is -1.33. The van der Waals surface area contributed by atoms with Crippen LogP contribution < -0.4 is 4.74 Å². The highest BCUT2D eigenvalue weighted by molar-refractivity contribution is 5.94. The SMILES string of the molecule is CC(=O)c1cccc(OC[C@H](O)CN(C)[C@H](C)c2ccc(F)c(F)c2)c1. The number of Topliss-reactive ketones (excluding diaryl/α,β-unsaturated/α-hetero) is 1. The van der Waals surface area contributed by atoms with Crippen LogP contribution in [0.3, 0.4) is 0 Å². The van der Waals surface area contributed by atoms with Crippen molar-refractivity contribution in [1.29, 1.82) is 0 Å². The molecule has 0 heterocycles. The molecule has 0 aliphatic carbocycles. The van der Waals surface area contributed by atoms with Crippen molar-refractivity contribution < 1.29 is 23.4 Å². The van der Waals surface area contributed by atoms with Crippen molar-refractivity contribution in [1.82, 2.24) is 4.90 Å². The van der Waals surface area contributed by atoms with Gasteiger partial charge in [-0.25, -0.2) is 8.78 Å². The van der Waals surface area contributed by atoms with Crippen LogP contribution in [0, 0.1) is 11.6 Å². The number of hydrogen-bond acceptors (Lipinski definition) is 4. The van der Waals surface area contributed by atoms with Crippen molar-refractivity contribution in [2.45, 2.75) is 26.0 Å². The number of aliphatic hydroxyl groups is 1. The normalized spacial score (nSPS) is 13.5. The summed E-state index contributed by atoms with van der Waals surface area (Å²) >= 11 is 0. The van der Waals surface area contributed by atoms with E-state index < -0.39 is 17.7 Å². The molecule has 0 saturated carbocycles. The van der Waals surface area contributed by atoms with Crippen molar-refractivity contribution >= 4 is 5.78 Å². The molecule has 6 heteroatoms. The second kappa shape index (κ2) is 8.87. The quantitative estimate of drug-likeness (QED) is 0.728. The molecule has 0 bridgehead atoms. The van der Waals surface area contributed by atoms with Gasteiger partial charge in [0.1, 0.15) is 18.5 Å². The number of hydrogen-bond donors (Lipinski definition) is 1. The van der Waals surface area contributed by atoms with Crippen LogP contribution in [0.5, 0.6) is 5.75 Å². The fourth-order valence-corrected chi connectivity index (χ4v) is 2.57. The lowest BCUT2D eigenvalue weighted by Gasteiger charge is -2.27. The lowest BCUT2D eigenvalue weighted by molar-refractivity contribution is 0.0653. The van der Waals surface area contributed by atoms with E-state index in [1.54, 1.807) is 31.3 Å². The van der Waals surface area contributed by atoms with Gasteiger partial charge in [-0.15, -0.1) is 0 Å². The van der Waals surface area contributed by atoms with Gasteiger partial charge in [-0.3, -0.25) is 9.69 Å². The zero-order valence-corrected chi connectivity index (χ0v) is 15.1. The third-order valence-electron chi connectivity index (χ3n) is 4.27. The molecule has 0 fully saturated rings. The highest BCUT2D eigenvalue weighted by atomic mass is 19.2. The summed E-state index contributed by atoms with van der Waals surface area (Å²) in [6.45, 7) is 3.65. The van der Waals surface area contributed by atoms with E-state index in [0.717, 1.165) is 12.1 Å². The van der Waals surface area contributed by atoms with Crippen molar-refractivity contribution in [3.63, 3.8) is 0 Å². The van der Waals surface area contributed by atoms with Crippen molar-refractivity contribution in [2.75, 3.05) is 20.2 Å². The number of aliphatic hydroxyl groups excluding tert-OH is 1. The van der Waals surface area contributed by atoms with Gasteiger partial charge in [0, 0.05) is 18.2 Å². The lowest BCUT2D eigenvalue weighted by atomic mass is 10.1. The van der Waals surface area contributed by atoms with Crippen molar-refractivity contribution in [3.8, 4) is 5.75 Å². The minimum absolute atomic E-state index is 0.0518. The molecule has 1 N–H and O–H groups in total. The fraction of sp³-hybridized carbons (Fsp3) is 0.350. The first-order chi connectivity index (χ1) is 12.3. The Bertz CT molecular complexity index is 766. The largest absolute Gasteiger partial charge is 0.491 e. The summed E-state index contributed by atoms with van der Waals surface area (Å²) in [6, 6.07) is 10.3. The molecule has 2 aromatic rings. The van der Waals surface area contributed by atoms with Gasteiger partial charge in [0.2, 0.25) is 0 Å². The number of nitrogens with zero attached hydrogens (tertiary/aromatic N) is 1. The van der Waals surface area contributed by atoms with E-state index in [0.29, 0.717) is 16.9 Å². The Labute approximate surface area is 152 Å². The van der Waals surface area contributed by atoms with Crippen molar-refractivity contribution in [3.05, 3.63) is 65.2 Å². The number of rotatable bonds is 8. The van der Waals surface area contributed by atoms with E-state index >= 15 is 0 Å². The molecule has 2 rings (SSSR count). The molecule has 140 valence electrons. The highest BCUT2D eigenvalue weighted by Crippen LogP contribution is 2.21. The summed E-state index contributed by atoms with van der Waals surface area (Å²) in [4.78, 5) is 13.2. The van der Waals surface area contributed by atoms with E-state index in [2.05, 4.69) is 0 Å². The van der Waals surface area contributed by atoms with Gasteiger partial charge in [-0.2, -0.15) is 0 Å². The number of carbonyl (C=O) groups excluding carboxylic acids is 1. The van der Waals surface area contributed by atoms with Crippen LogP contribution in [0.1, 0.15) is 35.8 Å². The molecule has 26 heavy (non-hydrogen) atoms. The Morgan fingerprint density at radius 1 is 1.19 bits per heavy atom. The molecule has 0 radical (unpaired) electrons. The third kappa shape index (κ3) is 5.34. The maximum absolute atomic E-state index is 13.4. The molecule has 0 saturated heterocycles. The highest BCUT2D eigenvalue weighted by Gasteiger charge is 2.17. The first-order valence-electron chi connectivity index (χ1n) is 8.35. The number of carbonyl (C=O) groups is 1. The summed E-state index contributed by atoms with van der Waals surface area (Å²) in [6.07, 6.45) is -0.784. The van der Waals surface area contributed by atoms with Crippen LogP contribution in [0.4, 0.5) is 8.78 Å². The molecule has 2 aromatic carbocycles. The molecule has 0 aliphatic rings. The molecular formula is C20H23F2NO3. The third-order valence-corrected chi connectivity index (χ3v) is 4.27. The summed E-state index contributed by atoms with van der Waals surface area (Å²) in [5, 5.41) is 10.2. The first-order valence-corrected chi connectivity index (χ1v) is 8.35. The molecule has 4 nitrogen and oxygen atoms in total. The molecular weight excluding hydrogens is 340 g/mol.